The number of hydrogen-bond donors (Lipinski definition) is 0. The zero-order valence-corrected chi connectivity index (χ0v) is 9.17. The molecule has 0 fully saturated rings. The topological polar surface area (TPSA) is 17.1 Å². The highest BCUT2D eigenvalue weighted by Crippen LogP contribution is 2.24. The van der Waals surface area contributed by atoms with Crippen molar-refractivity contribution in [1.82, 2.24) is 0 Å². The molecule has 0 N–H and O–H groups in total. The third-order valence-electron chi connectivity index (χ3n) is 1.33. The fraction of sp³-hybridized carbons (Fsp3) is 0.222. The van der Waals surface area contributed by atoms with Crippen molar-refractivity contribution in [3.05, 3.63) is 32.9 Å². The zero-order valence-electron chi connectivity index (χ0n) is 6.76. The van der Waals surface area contributed by atoms with E-state index in [1.165, 1.54) is 11.3 Å². The van der Waals surface area contributed by atoms with Crippen LogP contribution in [0.4, 0.5) is 0 Å². The van der Waals surface area contributed by atoms with Crippen LogP contribution in [0, 0.1) is 0 Å². The zero-order chi connectivity index (χ0) is 9.14. The molecule has 0 radical (unpaired) electrons. The average molecular weight is 245 g/mol. The summed E-state index contributed by atoms with van der Waals surface area (Å²) in [6, 6.07) is 1.89. The lowest BCUT2D eigenvalue weighted by atomic mass is 10.1. The first-order valence-electron chi connectivity index (χ1n) is 3.52. The molecule has 1 heterocycles. The average Bonchev–Trinajstić information content (AvgIpc) is 2.33. The van der Waals surface area contributed by atoms with Crippen LogP contribution in [-0.4, -0.2) is 5.78 Å². The highest BCUT2D eigenvalue weighted by molar-refractivity contribution is 9.10. The summed E-state index contributed by atoms with van der Waals surface area (Å²) in [4.78, 5) is 12.2. The summed E-state index contributed by atoms with van der Waals surface area (Å²) in [5.74, 6) is 0.143. The highest BCUT2D eigenvalue weighted by atomic mass is 79.9. The van der Waals surface area contributed by atoms with Gasteiger partial charge in [-0.15, -0.1) is 11.3 Å². The van der Waals surface area contributed by atoms with Crippen LogP contribution < -0.4 is 0 Å². The molecule has 1 rings (SSSR count). The van der Waals surface area contributed by atoms with Gasteiger partial charge < -0.3 is 0 Å². The molecule has 64 valence electrons. The third kappa shape index (κ3) is 2.29. The number of ketones is 1. The molecule has 1 aromatic heterocycles. The van der Waals surface area contributed by atoms with Crippen LogP contribution in [0.5, 0.6) is 0 Å². The van der Waals surface area contributed by atoms with Crippen LogP contribution in [0.2, 0.25) is 0 Å². The molecule has 12 heavy (non-hydrogen) atoms. The monoisotopic (exact) mass is 244 g/mol. The van der Waals surface area contributed by atoms with Crippen LogP contribution in [0.15, 0.2) is 28.1 Å². The van der Waals surface area contributed by atoms with E-state index in [1.807, 2.05) is 18.4 Å². The Balaban J connectivity index is 2.78. The van der Waals surface area contributed by atoms with Crippen LogP contribution in [0.3, 0.4) is 0 Å². The van der Waals surface area contributed by atoms with Gasteiger partial charge in [-0.05, 0) is 34.3 Å². The van der Waals surface area contributed by atoms with Gasteiger partial charge in [0.2, 0.25) is 0 Å². The van der Waals surface area contributed by atoms with Crippen molar-refractivity contribution in [3.63, 3.8) is 0 Å². The predicted molar refractivity (Wildman–Crippen MR) is 55.8 cm³/mol. The van der Waals surface area contributed by atoms with E-state index in [1.54, 1.807) is 0 Å². The van der Waals surface area contributed by atoms with Gasteiger partial charge in [0.25, 0.3) is 0 Å². The van der Waals surface area contributed by atoms with Gasteiger partial charge in [-0.1, -0.05) is 12.2 Å². The number of halogens is 1. The maximum absolute atomic E-state index is 11.5. The molecule has 3 heteroatoms. The number of rotatable bonds is 3. The van der Waals surface area contributed by atoms with E-state index in [9.17, 15) is 4.79 Å². The quantitative estimate of drug-likeness (QED) is 0.586. The van der Waals surface area contributed by atoms with Gasteiger partial charge in [-0.3, -0.25) is 4.79 Å². The second-order valence-corrected chi connectivity index (χ2v) is 4.43. The minimum Gasteiger partial charge on any atom is -0.293 e. The maximum Gasteiger partial charge on any atom is 0.177 e. The van der Waals surface area contributed by atoms with Crippen LogP contribution in [-0.2, 0) is 0 Å². The summed E-state index contributed by atoms with van der Waals surface area (Å²) in [5, 5.41) is 1.90. The van der Waals surface area contributed by atoms with E-state index in [0.29, 0.717) is 6.42 Å². The molecule has 0 atom stereocenters. The van der Waals surface area contributed by atoms with Crippen molar-refractivity contribution in [1.29, 1.82) is 0 Å². The first-order valence-corrected chi connectivity index (χ1v) is 5.19. The molecule has 0 amide bonds. The van der Waals surface area contributed by atoms with Gasteiger partial charge >= 0.3 is 0 Å². The van der Waals surface area contributed by atoms with E-state index in [2.05, 4.69) is 22.5 Å². The number of carbonyl (C=O) groups excluding carboxylic acids is 1. The van der Waals surface area contributed by atoms with Gasteiger partial charge in [-0.2, -0.15) is 0 Å². The number of Topliss-reactive ketones (excluding diaryl/α,β-unsaturated/α-hetero) is 1. The fourth-order valence-corrected chi connectivity index (χ4v) is 2.38. The molecule has 0 aromatic carbocycles. The SMILES string of the molecule is C=C(C)CC(=O)c1sccc1Br. The van der Waals surface area contributed by atoms with Crippen molar-refractivity contribution in [2.45, 2.75) is 13.3 Å². The summed E-state index contributed by atoms with van der Waals surface area (Å²) in [7, 11) is 0. The molecule has 1 aromatic rings. The summed E-state index contributed by atoms with van der Waals surface area (Å²) in [6.07, 6.45) is 0.444. The third-order valence-corrected chi connectivity index (χ3v) is 3.21. The number of allylic oxidation sites excluding steroid dienone is 1. The summed E-state index contributed by atoms with van der Waals surface area (Å²) in [6.45, 7) is 5.56. The summed E-state index contributed by atoms with van der Waals surface area (Å²) >= 11 is 4.78. The van der Waals surface area contributed by atoms with Gasteiger partial charge in [-0.25, -0.2) is 0 Å². The molecule has 0 unspecified atom stereocenters. The molecule has 1 nitrogen and oxygen atoms in total. The normalized spacial score (nSPS) is 9.83. The van der Waals surface area contributed by atoms with Crippen molar-refractivity contribution < 1.29 is 4.79 Å². The summed E-state index contributed by atoms with van der Waals surface area (Å²) < 4.78 is 0.888. The molecule has 0 saturated heterocycles. The molecule has 0 aliphatic carbocycles. The second-order valence-electron chi connectivity index (χ2n) is 2.65. The molecule has 0 spiro atoms. The lowest BCUT2D eigenvalue weighted by molar-refractivity contribution is 0.0996. The summed E-state index contributed by atoms with van der Waals surface area (Å²) in [5.41, 5.74) is 0.903. The molecule has 0 aliphatic rings. The van der Waals surface area contributed by atoms with Crippen molar-refractivity contribution >= 4 is 33.0 Å². The predicted octanol–water partition coefficient (Wildman–Crippen LogP) is 3.66. The van der Waals surface area contributed by atoms with E-state index < -0.39 is 0 Å². The fourth-order valence-electron chi connectivity index (χ4n) is 0.847. The van der Waals surface area contributed by atoms with Gasteiger partial charge in [0, 0.05) is 10.9 Å². The Kier molecular flexibility index (Phi) is 3.23. The van der Waals surface area contributed by atoms with Gasteiger partial charge in [0.15, 0.2) is 5.78 Å². The van der Waals surface area contributed by atoms with Crippen LogP contribution >= 0.6 is 27.3 Å². The van der Waals surface area contributed by atoms with Crippen molar-refractivity contribution in [2.24, 2.45) is 0 Å². The van der Waals surface area contributed by atoms with Gasteiger partial charge in [0.05, 0.1) is 4.88 Å². The minimum atomic E-state index is 0.143. The van der Waals surface area contributed by atoms with E-state index in [0.717, 1.165) is 14.9 Å². The van der Waals surface area contributed by atoms with Crippen LogP contribution in [0.1, 0.15) is 23.0 Å². The first-order chi connectivity index (χ1) is 5.61. The molecule has 0 bridgehead atoms. The first kappa shape index (κ1) is 9.68. The standard InChI is InChI=1S/C9H9BrOS/c1-6(2)5-8(11)9-7(10)3-4-12-9/h3-4H,1,5H2,2H3. The van der Waals surface area contributed by atoms with Crippen LogP contribution in [0.25, 0.3) is 0 Å². The smallest absolute Gasteiger partial charge is 0.177 e. The lowest BCUT2D eigenvalue weighted by Gasteiger charge is -1.96. The Morgan fingerprint density at radius 3 is 2.83 bits per heavy atom. The van der Waals surface area contributed by atoms with Crippen molar-refractivity contribution in [3.8, 4) is 0 Å². The van der Waals surface area contributed by atoms with E-state index in [4.69, 9.17) is 0 Å². The Morgan fingerprint density at radius 1 is 1.75 bits per heavy atom. The minimum absolute atomic E-state index is 0.143. The van der Waals surface area contributed by atoms with E-state index in [-0.39, 0.29) is 5.78 Å². The molecule has 0 aliphatic heterocycles. The molecular weight excluding hydrogens is 236 g/mol. The Morgan fingerprint density at radius 2 is 2.42 bits per heavy atom. The Labute approximate surface area is 84.2 Å². The Bertz CT molecular complexity index is 314. The number of thiophene rings is 1. The second kappa shape index (κ2) is 4.01. The number of carbonyl (C=O) groups is 1. The molecule has 0 saturated carbocycles. The Hall–Kier alpha value is -0.410. The number of hydrogen-bond acceptors (Lipinski definition) is 2. The van der Waals surface area contributed by atoms with Gasteiger partial charge in [0.1, 0.15) is 0 Å². The largest absolute Gasteiger partial charge is 0.293 e. The lowest BCUT2D eigenvalue weighted by Crippen LogP contribution is -1.96. The van der Waals surface area contributed by atoms with E-state index >= 15 is 0 Å². The maximum atomic E-state index is 11.5. The van der Waals surface area contributed by atoms with Crippen molar-refractivity contribution in [2.75, 3.05) is 0 Å². The molecular formula is C9H9BrOS. The highest BCUT2D eigenvalue weighted by Gasteiger charge is 2.10.